The van der Waals surface area contributed by atoms with Gasteiger partial charge in [-0.2, -0.15) is 4.31 Å². The van der Waals surface area contributed by atoms with Gasteiger partial charge < -0.3 is 9.64 Å². The largest absolute Gasteiger partial charge is 0.495 e. The van der Waals surface area contributed by atoms with E-state index in [1.165, 1.54) is 12.0 Å². The van der Waals surface area contributed by atoms with Gasteiger partial charge in [0.25, 0.3) is 0 Å². The number of quaternary nitrogens is 1. The number of nitrogens with zero attached hydrogens (tertiary/aromatic N) is 1. The Kier molecular flexibility index (Phi) is 4.67. The Morgan fingerprint density at radius 3 is 2.50 bits per heavy atom. The van der Waals surface area contributed by atoms with E-state index in [1.54, 1.807) is 16.4 Å². The van der Waals surface area contributed by atoms with Crippen molar-refractivity contribution in [3.63, 3.8) is 0 Å². The van der Waals surface area contributed by atoms with Crippen LogP contribution in [-0.4, -0.2) is 52.6 Å². The summed E-state index contributed by atoms with van der Waals surface area (Å²) in [5.74, 6) is 0.417. The Labute approximate surface area is 121 Å². The summed E-state index contributed by atoms with van der Waals surface area (Å²) in [5, 5.41) is 0. The van der Waals surface area contributed by atoms with Crippen molar-refractivity contribution in [1.82, 2.24) is 4.31 Å². The van der Waals surface area contributed by atoms with Crippen molar-refractivity contribution < 1.29 is 18.1 Å². The number of likely N-dealkylation sites (N-methyl/N-ethyl adjacent to an activating group) is 1. The molecule has 0 amide bonds. The molecule has 112 valence electrons. The van der Waals surface area contributed by atoms with E-state index in [4.69, 9.17) is 4.74 Å². The Morgan fingerprint density at radius 2 is 1.95 bits per heavy atom. The highest BCUT2D eigenvalue weighted by atomic mass is 32.2. The molecule has 1 saturated heterocycles. The van der Waals surface area contributed by atoms with Crippen LogP contribution in [0.5, 0.6) is 5.75 Å². The van der Waals surface area contributed by atoms with E-state index in [2.05, 4.69) is 6.92 Å². The van der Waals surface area contributed by atoms with Gasteiger partial charge in [-0.05, 0) is 31.5 Å². The summed E-state index contributed by atoms with van der Waals surface area (Å²) in [5.41, 5.74) is 0.919. The van der Waals surface area contributed by atoms with Gasteiger partial charge in [-0.1, -0.05) is 6.07 Å². The van der Waals surface area contributed by atoms with Crippen LogP contribution in [0.1, 0.15) is 12.5 Å². The zero-order chi connectivity index (χ0) is 14.8. The molecule has 0 aromatic heterocycles. The number of rotatable bonds is 4. The first-order valence-electron chi connectivity index (χ1n) is 6.97. The zero-order valence-corrected chi connectivity index (χ0v) is 13.2. The van der Waals surface area contributed by atoms with E-state index < -0.39 is 10.0 Å². The Bertz CT molecular complexity index is 564. The zero-order valence-electron chi connectivity index (χ0n) is 12.3. The van der Waals surface area contributed by atoms with E-state index in [9.17, 15) is 8.42 Å². The summed E-state index contributed by atoms with van der Waals surface area (Å²) in [4.78, 5) is 1.73. The van der Waals surface area contributed by atoms with Crippen LogP contribution >= 0.6 is 0 Å². The lowest BCUT2D eigenvalue weighted by molar-refractivity contribution is -0.901. The molecule has 1 fully saturated rings. The first-order valence-corrected chi connectivity index (χ1v) is 8.41. The number of aryl methyl sites for hydroxylation is 1. The van der Waals surface area contributed by atoms with Gasteiger partial charge in [-0.15, -0.1) is 0 Å². The van der Waals surface area contributed by atoms with Gasteiger partial charge >= 0.3 is 0 Å². The molecular formula is C14H23N2O3S+. The second kappa shape index (κ2) is 6.11. The minimum Gasteiger partial charge on any atom is -0.495 e. The number of hydrogen-bond acceptors (Lipinski definition) is 3. The average Bonchev–Trinajstić information content (AvgIpc) is 2.47. The van der Waals surface area contributed by atoms with Gasteiger partial charge in [-0.3, -0.25) is 0 Å². The van der Waals surface area contributed by atoms with Crippen molar-refractivity contribution in [2.24, 2.45) is 0 Å². The molecule has 5 nitrogen and oxygen atoms in total. The summed E-state index contributed by atoms with van der Waals surface area (Å²) >= 11 is 0. The minimum absolute atomic E-state index is 0.278. The summed E-state index contributed by atoms with van der Waals surface area (Å²) in [7, 11) is -1.96. The summed E-state index contributed by atoms with van der Waals surface area (Å²) in [6.07, 6.45) is 0. The maximum absolute atomic E-state index is 12.8. The molecule has 1 aromatic carbocycles. The minimum atomic E-state index is -3.46. The molecule has 0 saturated carbocycles. The Morgan fingerprint density at radius 1 is 1.30 bits per heavy atom. The molecule has 0 radical (unpaired) electrons. The second-order valence-corrected chi connectivity index (χ2v) is 7.07. The predicted molar refractivity (Wildman–Crippen MR) is 77.7 cm³/mol. The maximum atomic E-state index is 12.8. The van der Waals surface area contributed by atoms with Gasteiger partial charge in [0.2, 0.25) is 10.0 Å². The third kappa shape index (κ3) is 2.97. The van der Waals surface area contributed by atoms with Crippen LogP contribution in [0, 0.1) is 6.92 Å². The number of benzene rings is 1. The lowest BCUT2D eigenvalue weighted by atomic mass is 10.2. The third-order valence-electron chi connectivity index (χ3n) is 3.87. The van der Waals surface area contributed by atoms with Crippen molar-refractivity contribution in [3.05, 3.63) is 23.8 Å². The Balaban J connectivity index is 2.29. The number of ether oxygens (including phenoxy) is 1. The topological polar surface area (TPSA) is 51.0 Å². The number of sulfonamides is 1. The van der Waals surface area contributed by atoms with Crippen molar-refractivity contribution in [3.8, 4) is 5.75 Å². The molecule has 0 unspecified atom stereocenters. The summed E-state index contributed by atoms with van der Waals surface area (Å²) < 4.78 is 32.3. The number of methoxy groups -OCH3 is 1. The molecule has 2 rings (SSSR count). The molecule has 20 heavy (non-hydrogen) atoms. The number of hydrogen-bond donors (Lipinski definition) is 1. The molecule has 0 bridgehead atoms. The molecule has 1 heterocycles. The monoisotopic (exact) mass is 299 g/mol. The molecule has 1 N–H and O–H groups in total. The van der Waals surface area contributed by atoms with Gasteiger partial charge in [0, 0.05) is 0 Å². The van der Waals surface area contributed by atoms with E-state index in [0.717, 1.165) is 25.2 Å². The molecule has 0 atom stereocenters. The quantitative estimate of drug-likeness (QED) is 0.845. The van der Waals surface area contributed by atoms with Gasteiger partial charge in [-0.25, -0.2) is 8.42 Å². The van der Waals surface area contributed by atoms with Gasteiger partial charge in [0.15, 0.2) is 0 Å². The fourth-order valence-electron chi connectivity index (χ4n) is 2.52. The van der Waals surface area contributed by atoms with Crippen molar-refractivity contribution in [1.29, 1.82) is 0 Å². The van der Waals surface area contributed by atoms with E-state index in [0.29, 0.717) is 18.8 Å². The van der Waals surface area contributed by atoms with E-state index in [1.807, 2.05) is 13.0 Å². The average molecular weight is 299 g/mol. The van der Waals surface area contributed by atoms with Crippen LogP contribution in [0.4, 0.5) is 0 Å². The van der Waals surface area contributed by atoms with Gasteiger partial charge in [0.05, 0.1) is 39.8 Å². The lowest BCUT2D eigenvalue weighted by Crippen LogP contribution is -3.14. The predicted octanol–water partition coefficient (Wildman–Crippen LogP) is -0.0873. The molecule has 6 heteroatoms. The van der Waals surface area contributed by atoms with Crippen LogP contribution in [-0.2, 0) is 10.0 Å². The van der Waals surface area contributed by atoms with Gasteiger partial charge in [0.1, 0.15) is 10.6 Å². The number of nitrogens with one attached hydrogen (secondary N) is 1. The van der Waals surface area contributed by atoms with Crippen LogP contribution in [0.25, 0.3) is 0 Å². The van der Waals surface area contributed by atoms with Crippen LogP contribution in [0.3, 0.4) is 0 Å². The first-order chi connectivity index (χ1) is 9.48. The van der Waals surface area contributed by atoms with Crippen LogP contribution in [0.15, 0.2) is 23.1 Å². The molecule has 1 aliphatic heterocycles. The molecule has 0 aliphatic carbocycles. The van der Waals surface area contributed by atoms with E-state index in [-0.39, 0.29) is 4.90 Å². The number of piperazine rings is 1. The summed E-state index contributed by atoms with van der Waals surface area (Å²) in [6, 6.07) is 5.26. The molecular weight excluding hydrogens is 276 g/mol. The molecule has 1 aliphatic rings. The second-order valence-electron chi connectivity index (χ2n) is 5.16. The van der Waals surface area contributed by atoms with Crippen LogP contribution < -0.4 is 9.64 Å². The fraction of sp³-hybridized carbons (Fsp3) is 0.571. The normalized spacial score (nSPS) is 18.1. The Hall–Kier alpha value is -1.11. The van der Waals surface area contributed by atoms with Crippen molar-refractivity contribution in [2.45, 2.75) is 18.7 Å². The van der Waals surface area contributed by atoms with Crippen LogP contribution in [0.2, 0.25) is 0 Å². The highest BCUT2D eigenvalue weighted by Crippen LogP contribution is 2.27. The standard InChI is InChI=1S/C14H22N2O3S/c1-4-15-7-9-16(10-8-15)20(17,18)14-11-12(2)5-6-13(14)19-3/h5-6,11H,4,7-10H2,1-3H3/p+1. The lowest BCUT2D eigenvalue weighted by Gasteiger charge is -2.31. The first kappa shape index (κ1) is 15.3. The molecule has 0 spiro atoms. The van der Waals surface area contributed by atoms with Crippen molar-refractivity contribution >= 4 is 10.0 Å². The maximum Gasteiger partial charge on any atom is 0.247 e. The van der Waals surface area contributed by atoms with E-state index >= 15 is 0 Å². The summed E-state index contributed by atoms with van der Waals surface area (Å²) in [6.45, 7) is 7.93. The smallest absolute Gasteiger partial charge is 0.247 e. The highest BCUT2D eigenvalue weighted by molar-refractivity contribution is 7.89. The third-order valence-corrected chi connectivity index (χ3v) is 5.79. The molecule has 1 aromatic rings. The SMILES string of the molecule is CC[NH+]1CCN(S(=O)(=O)c2cc(C)ccc2OC)CC1. The van der Waals surface area contributed by atoms with Crippen molar-refractivity contribution in [2.75, 3.05) is 39.8 Å². The fourth-order valence-corrected chi connectivity index (χ4v) is 4.20. The highest BCUT2D eigenvalue weighted by Gasteiger charge is 2.31.